The highest BCUT2D eigenvalue weighted by Crippen LogP contribution is 2.38. The Bertz CT molecular complexity index is 1010. The Morgan fingerprint density at radius 2 is 2.00 bits per heavy atom. The lowest BCUT2D eigenvalue weighted by Crippen LogP contribution is -2.50. The molecule has 7 nitrogen and oxygen atoms in total. The van der Waals surface area contributed by atoms with Crippen LogP contribution in [0.5, 0.6) is 0 Å². The summed E-state index contributed by atoms with van der Waals surface area (Å²) in [5.41, 5.74) is -0.0841. The van der Waals surface area contributed by atoms with Crippen LogP contribution in [0.4, 0.5) is 16.0 Å². The largest absolute Gasteiger partial charge is 0.460 e. The first-order chi connectivity index (χ1) is 15.2. The summed E-state index contributed by atoms with van der Waals surface area (Å²) in [4.78, 5) is 17.9. The third kappa shape index (κ3) is 6.10. The number of rotatable bonds is 5. The Balaban J connectivity index is 1.92. The summed E-state index contributed by atoms with van der Waals surface area (Å²) < 4.78 is 22.4. The molecule has 33 heavy (non-hydrogen) atoms. The van der Waals surface area contributed by atoms with Gasteiger partial charge in [0.2, 0.25) is 0 Å². The molecule has 2 N–H and O–H groups in total. The van der Waals surface area contributed by atoms with Gasteiger partial charge in [-0.3, -0.25) is 4.79 Å². The molecule has 3 heterocycles. The molecule has 0 bridgehead atoms. The molecule has 2 atom stereocenters. The van der Waals surface area contributed by atoms with E-state index < -0.39 is 16.8 Å². The lowest BCUT2D eigenvalue weighted by Gasteiger charge is -2.40. The van der Waals surface area contributed by atoms with Crippen molar-refractivity contribution >= 4 is 17.6 Å². The van der Waals surface area contributed by atoms with E-state index in [1.54, 1.807) is 6.07 Å². The number of ether oxygens (including phenoxy) is 1. The van der Waals surface area contributed by atoms with Gasteiger partial charge in [-0.2, -0.15) is 5.10 Å². The third-order valence-corrected chi connectivity index (χ3v) is 5.76. The molecule has 3 rings (SSSR count). The van der Waals surface area contributed by atoms with E-state index in [9.17, 15) is 9.18 Å². The summed E-state index contributed by atoms with van der Waals surface area (Å²) in [6.45, 7) is 16.4. The van der Waals surface area contributed by atoms with Gasteiger partial charge >= 0.3 is 5.97 Å². The highest BCUT2D eigenvalue weighted by atomic mass is 19.1. The Labute approximate surface area is 196 Å². The number of nitrogens with zero attached hydrogens (tertiary/aromatic N) is 3. The number of anilines is 2. The monoisotopic (exact) mass is 459 g/mol. The number of pyridine rings is 1. The van der Waals surface area contributed by atoms with Crippen molar-refractivity contribution in [2.75, 3.05) is 11.9 Å². The van der Waals surface area contributed by atoms with Crippen LogP contribution in [0.3, 0.4) is 0 Å². The minimum absolute atomic E-state index is 0.124. The Morgan fingerprint density at radius 3 is 2.61 bits per heavy atom. The Kier molecular flexibility index (Phi) is 6.89. The molecular weight excluding hydrogens is 421 g/mol. The Morgan fingerprint density at radius 1 is 1.30 bits per heavy atom. The second-order valence-corrected chi connectivity index (χ2v) is 11.3. The maximum atomic E-state index is 14.8. The van der Waals surface area contributed by atoms with Crippen LogP contribution in [0.1, 0.15) is 72.7 Å². The van der Waals surface area contributed by atoms with Gasteiger partial charge in [-0.05, 0) is 86.9 Å². The fourth-order valence-corrected chi connectivity index (χ4v) is 4.36. The summed E-state index contributed by atoms with van der Waals surface area (Å²) in [6.07, 6.45) is 1.67. The molecule has 0 aromatic carbocycles. The van der Waals surface area contributed by atoms with Gasteiger partial charge < -0.3 is 15.4 Å². The lowest BCUT2D eigenvalue weighted by atomic mass is 9.72. The van der Waals surface area contributed by atoms with Gasteiger partial charge in [-0.25, -0.2) is 14.1 Å². The smallest absolute Gasteiger partial charge is 0.313 e. The van der Waals surface area contributed by atoms with Crippen molar-refractivity contribution in [3.05, 3.63) is 35.4 Å². The van der Waals surface area contributed by atoms with Crippen LogP contribution in [-0.4, -0.2) is 38.9 Å². The molecule has 0 spiro atoms. The van der Waals surface area contributed by atoms with Crippen molar-refractivity contribution in [2.45, 2.75) is 91.8 Å². The number of aromatic nitrogens is 3. The molecule has 0 saturated carbocycles. The van der Waals surface area contributed by atoms with Gasteiger partial charge in [0.25, 0.3) is 0 Å². The average molecular weight is 460 g/mol. The van der Waals surface area contributed by atoms with Gasteiger partial charge in [-0.1, -0.05) is 0 Å². The summed E-state index contributed by atoms with van der Waals surface area (Å²) >= 11 is 0. The van der Waals surface area contributed by atoms with Crippen molar-refractivity contribution in [1.82, 2.24) is 20.1 Å². The Hall–Kier alpha value is -2.48. The molecule has 2 aromatic rings. The van der Waals surface area contributed by atoms with Crippen molar-refractivity contribution in [2.24, 2.45) is 5.41 Å². The van der Waals surface area contributed by atoms with Crippen LogP contribution in [0.15, 0.2) is 18.2 Å². The van der Waals surface area contributed by atoms with Gasteiger partial charge in [0, 0.05) is 24.2 Å². The van der Waals surface area contributed by atoms with E-state index >= 15 is 0 Å². The van der Waals surface area contributed by atoms with Gasteiger partial charge in [0.05, 0.1) is 16.6 Å². The standard InChI is InChI=1S/C25H38FN5O2/c1-16-13-20(31(30-16)23(3,4)5)29-21-19(26)10-9-18(28-21)15-25(11-12-27-17(2)14-25)22(32)33-24(6,7)8/h9-10,13,17,27H,11-12,14-15H2,1-8H3,(H,28,29)/t17-,25-/m1/s1. The van der Waals surface area contributed by atoms with Crippen LogP contribution < -0.4 is 10.6 Å². The van der Waals surface area contributed by atoms with Crippen LogP contribution in [0.25, 0.3) is 0 Å². The molecule has 0 amide bonds. The highest BCUT2D eigenvalue weighted by Gasteiger charge is 2.45. The van der Waals surface area contributed by atoms with Crippen molar-refractivity contribution in [3.8, 4) is 0 Å². The molecule has 2 aromatic heterocycles. The number of hydrogen-bond donors (Lipinski definition) is 2. The normalized spacial score (nSPS) is 21.7. The van der Waals surface area contributed by atoms with E-state index in [4.69, 9.17) is 4.74 Å². The number of esters is 1. The van der Waals surface area contributed by atoms with E-state index in [1.165, 1.54) is 6.07 Å². The molecule has 1 fully saturated rings. The molecule has 0 aliphatic carbocycles. The molecule has 1 aliphatic heterocycles. The SMILES string of the molecule is Cc1cc(Nc2nc(C[C@@]3(C(=O)OC(C)(C)C)CCN[C@H](C)C3)ccc2F)n(C(C)(C)C)n1. The zero-order valence-corrected chi connectivity index (χ0v) is 21.2. The van der Waals surface area contributed by atoms with Crippen LogP contribution in [0.2, 0.25) is 0 Å². The van der Waals surface area contributed by atoms with Crippen LogP contribution in [-0.2, 0) is 21.5 Å². The number of nitrogens with one attached hydrogen (secondary N) is 2. The zero-order valence-electron chi connectivity index (χ0n) is 21.2. The molecule has 182 valence electrons. The number of halogens is 1. The summed E-state index contributed by atoms with van der Waals surface area (Å²) in [7, 11) is 0. The molecular formula is C25H38FN5O2. The number of piperidine rings is 1. The topological polar surface area (TPSA) is 81.1 Å². The minimum Gasteiger partial charge on any atom is -0.460 e. The predicted octanol–water partition coefficient (Wildman–Crippen LogP) is 4.87. The number of hydrogen-bond acceptors (Lipinski definition) is 6. The minimum atomic E-state index is -0.705. The number of carbonyl (C=O) groups excluding carboxylic acids is 1. The summed E-state index contributed by atoms with van der Waals surface area (Å²) in [5.74, 6) is 0.119. The number of carbonyl (C=O) groups is 1. The van der Waals surface area contributed by atoms with Gasteiger partial charge in [0.1, 0.15) is 11.4 Å². The molecule has 8 heteroatoms. The molecule has 0 radical (unpaired) electrons. The zero-order chi connectivity index (χ0) is 24.6. The van der Waals surface area contributed by atoms with Crippen molar-refractivity contribution in [3.63, 3.8) is 0 Å². The van der Waals surface area contributed by atoms with Crippen molar-refractivity contribution in [1.29, 1.82) is 0 Å². The van der Waals surface area contributed by atoms with Crippen molar-refractivity contribution < 1.29 is 13.9 Å². The highest BCUT2D eigenvalue weighted by molar-refractivity contribution is 5.78. The fraction of sp³-hybridized carbons (Fsp3) is 0.640. The first-order valence-electron chi connectivity index (χ1n) is 11.6. The summed E-state index contributed by atoms with van der Waals surface area (Å²) in [5, 5.41) is 11.1. The van der Waals surface area contributed by atoms with E-state index in [1.807, 2.05) is 59.2 Å². The first kappa shape index (κ1) is 25.1. The second kappa shape index (κ2) is 9.05. The maximum Gasteiger partial charge on any atom is 0.313 e. The van der Waals surface area contributed by atoms with Crippen LogP contribution in [0, 0.1) is 18.2 Å². The predicted molar refractivity (Wildman–Crippen MR) is 128 cm³/mol. The molecule has 1 saturated heterocycles. The second-order valence-electron chi connectivity index (χ2n) is 11.3. The number of aryl methyl sites for hydroxylation is 1. The average Bonchev–Trinajstić information content (AvgIpc) is 3.04. The first-order valence-corrected chi connectivity index (χ1v) is 11.6. The fourth-order valence-electron chi connectivity index (χ4n) is 4.36. The third-order valence-electron chi connectivity index (χ3n) is 5.76. The van der Waals surface area contributed by atoms with E-state index in [0.29, 0.717) is 30.8 Å². The van der Waals surface area contributed by atoms with Gasteiger partial charge in [0.15, 0.2) is 11.6 Å². The van der Waals surface area contributed by atoms with E-state index in [0.717, 1.165) is 12.2 Å². The van der Waals surface area contributed by atoms with E-state index in [-0.39, 0.29) is 23.4 Å². The summed E-state index contributed by atoms with van der Waals surface area (Å²) in [6, 6.07) is 5.11. The van der Waals surface area contributed by atoms with E-state index in [2.05, 4.69) is 27.6 Å². The maximum absolute atomic E-state index is 14.8. The molecule has 0 unspecified atom stereocenters. The quantitative estimate of drug-likeness (QED) is 0.621. The van der Waals surface area contributed by atoms with Gasteiger partial charge in [-0.15, -0.1) is 0 Å². The van der Waals surface area contributed by atoms with Crippen LogP contribution >= 0.6 is 0 Å². The molecule has 1 aliphatic rings. The lowest BCUT2D eigenvalue weighted by molar-refractivity contribution is -0.170.